The average Bonchev–Trinajstić information content (AvgIpc) is 2.82. The Kier molecular flexibility index (Phi) is 8.94. The van der Waals surface area contributed by atoms with Gasteiger partial charge in [-0.3, -0.25) is 9.67 Å². The minimum absolute atomic E-state index is 0. The van der Waals surface area contributed by atoms with E-state index in [0.29, 0.717) is 13.1 Å². The zero-order valence-corrected chi connectivity index (χ0v) is 18.5. The van der Waals surface area contributed by atoms with Crippen molar-refractivity contribution in [3.63, 3.8) is 0 Å². The monoisotopic (exact) mass is 493 g/mol. The first kappa shape index (κ1) is 23.1. The molecule has 2 rings (SSSR count). The van der Waals surface area contributed by atoms with Gasteiger partial charge in [-0.1, -0.05) is 12.1 Å². The molecule has 0 atom stereocenters. The molecule has 2 aromatic rings. The lowest BCUT2D eigenvalue weighted by molar-refractivity contribution is -0.0498. The summed E-state index contributed by atoms with van der Waals surface area (Å²) in [6, 6.07) is 6.59. The quantitative estimate of drug-likeness (QED) is 0.381. The van der Waals surface area contributed by atoms with E-state index in [1.54, 1.807) is 19.2 Å². The normalized spacial score (nSPS) is 11.3. The lowest BCUT2D eigenvalue weighted by atomic mass is 10.2. The van der Waals surface area contributed by atoms with Crippen molar-refractivity contribution in [1.29, 1.82) is 0 Å². The number of aliphatic imine (C=N–C) groups is 1. The molecular weight excluding hydrogens is 467 g/mol. The van der Waals surface area contributed by atoms with Gasteiger partial charge in [0.2, 0.25) is 0 Å². The van der Waals surface area contributed by atoms with Crippen LogP contribution in [0.25, 0.3) is 0 Å². The van der Waals surface area contributed by atoms with Gasteiger partial charge in [0.1, 0.15) is 5.75 Å². The largest absolute Gasteiger partial charge is 0.435 e. The maximum absolute atomic E-state index is 12.2. The Balaban J connectivity index is 0.00000364. The summed E-state index contributed by atoms with van der Waals surface area (Å²) in [5, 5.41) is 7.75. The van der Waals surface area contributed by atoms with Gasteiger partial charge in [0.15, 0.2) is 5.96 Å². The number of nitrogens with one attached hydrogen (secondary N) is 1. The van der Waals surface area contributed by atoms with E-state index in [0.717, 1.165) is 28.5 Å². The zero-order valence-electron chi connectivity index (χ0n) is 16.2. The summed E-state index contributed by atoms with van der Waals surface area (Å²) in [4.78, 5) is 6.26. The molecule has 0 spiro atoms. The number of alkyl halides is 2. The second kappa shape index (κ2) is 10.4. The van der Waals surface area contributed by atoms with Gasteiger partial charge >= 0.3 is 6.61 Å². The van der Waals surface area contributed by atoms with E-state index in [2.05, 4.69) is 20.1 Å². The van der Waals surface area contributed by atoms with Crippen LogP contribution in [0.1, 0.15) is 22.5 Å². The summed E-state index contributed by atoms with van der Waals surface area (Å²) in [5.74, 6) is 0.886. The molecule has 0 fully saturated rings. The molecule has 6 nitrogen and oxygen atoms in total. The molecule has 1 N–H and O–H groups in total. The number of hydrogen-bond acceptors (Lipinski definition) is 3. The Labute approximate surface area is 175 Å². The zero-order chi connectivity index (χ0) is 19.3. The number of hydrogen-bond donors (Lipinski definition) is 1. The standard InChI is InChI=1S/C18H25F2N5O.HI/c1-12-16(13(2)25(5)23-12)10-22-18(21-3)24(4)11-14-6-8-15(9-7-14)26-17(19)20;/h6-9,17H,10-11H2,1-5H3,(H,21,22);1H. The van der Waals surface area contributed by atoms with Gasteiger partial charge in [0.25, 0.3) is 0 Å². The molecule has 0 bridgehead atoms. The van der Waals surface area contributed by atoms with Crippen LogP contribution in [-0.2, 0) is 20.1 Å². The van der Waals surface area contributed by atoms with Crippen LogP contribution in [0.3, 0.4) is 0 Å². The van der Waals surface area contributed by atoms with Crippen LogP contribution in [0.2, 0.25) is 0 Å². The van der Waals surface area contributed by atoms with Gasteiger partial charge < -0.3 is 15.0 Å². The highest BCUT2D eigenvalue weighted by Crippen LogP contribution is 2.16. The van der Waals surface area contributed by atoms with E-state index in [9.17, 15) is 8.78 Å². The third-order valence-corrected chi connectivity index (χ3v) is 4.22. The predicted molar refractivity (Wildman–Crippen MR) is 113 cm³/mol. The molecule has 9 heteroatoms. The Bertz CT molecular complexity index is 762. The van der Waals surface area contributed by atoms with Gasteiger partial charge in [0.05, 0.1) is 5.69 Å². The highest BCUT2D eigenvalue weighted by molar-refractivity contribution is 14.0. The minimum Gasteiger partial charge on any atom is -0.435 e. The van der Waals surface area contributed by atoms with Crippen LogP contribution in [0.5, 0.6) is 5.75 Å². The van der Waals surface area contributed by atoms with Crippen molar-refractivity contribution in [3.05, 3.63) is 46.8 Å². The summed E-state index contributed by atoms with van der Waals surface area (Å²) >= 11 is 0. The fourth-order valence-corrected chi connectivity index (χ4v) is 2.75. The molecular formula is C18H26F2IN5O. The molecule has 1 aromatic carbocycles. The highest BCUT2D eigenvalue weighted by Gasteiger charge is 2.12. The van der Waals surface area contributed by atoms with Crippen molar-refractivity contribution >= 4 is 29.9 Å². The van der Waals surface area contributed by atoms with E-state index in [1.165, 1.54) is 12.1 Å². The number of benzene rings is 1. The first-order chi connectivity index (χ1) is 12.3. The van der Waals surface area contributed by atoms with Crippen molar-refractivity contribution < 1.29 is 13.5 Å². The smallest absolute Gasteiger partial charge is 0.387 e. The van der Waals surface area contributed by atoms with Gasteiger partial charge in [-0.05, 0) is 31.5 Å². The number of aromatic nitrogens is 2. The summed E-state index contributed by atoms with van der Waals surface area (Å²) in [6.45, 7) is 2.42. The maximum Gasteiger partial charge on any atom is 0.387 e. The molecule has 0 saturated heterocycles. The molecule has 0 aliphatic rings. The van der Waals surface area contributed by atoms with Crippen molar-refractivity contribution in [2.45, 2.75) is 33.5 Å². The van der Waals surface area contributed by atoms with Gasteiger partial charge in [-0.2, -0.15) is 13.9 Å². The molecule has 1 heterocycles. The van der Waals surface area contributed by atoms with Gasteiger partial charge in [-0.25, -0.2) is 0 Å². The summed E-state index contributed by atoms with van der Waals surface area (Å²) in [6.07, 6.45) is 0. The molecule has 0 unspecified atom stereocenters. The third kappa shape index (κ3) is 6.33. The van der Waals surface area contributed by atoms with Crippen molar-refractivity contribution in [2.75, 3.05) is 14.1 Å². The fourth-order valence-electron chi connectivity index (χ4n) is 2.75. The second-order valence-electron chi connectivity index (χ2n) is 6.05. The first-order valence-corrected chi connectivity index (χ1v) is 8.26. The lowest BCUT2D eigenvalue weighted by Gasteiger charge is -2.22. The number of ether oxygens (including phenoxy) is 1. The van der Waals surface area contributed by atoms with E-state index < -0.39 is 6.61 Å². The lowest BCUT2D eigenvalue weighted by Crippen LogP contribution is -2.38. The number of nitrogens with zero attached hydrogens (tertiary/aromatic N) is 4. The highest BCUT2D eigenvalue weighted by atomic mass is 127. The SMILES string of the molecule is CN=C(NCc1c(C)nn(C)c1C)N(C)Cc1ccc(OC(F)F)cc1.I. The molecule has 0 amide bonds. The van der Waals surface area contributed by atoms with Crippen LogP contribution >= 0.6 is 24.0 Å². The predicted octanol–water partition coefficient (Wildman–Crippen LogP) is 3.46. The fraction of sp³-hybridized carbons (Fsp3) is 0.444. The van der Waals surface area contributed by atoms with Crippen molar-refractivity contribution in [2.24, 2.45) is 12.0 Å². The van der Waals surface area contributed by atoms with Crippen molar-refractivity contribution in [1.82, 2.24) is 20.0 Å². The Hall–Kier alpha value is -1.91. The number of rotatable bonds is 6. The van der Waals surface area contributed by atoms with Gasteiger partial charge in [-0.15, -0.1) is 24.0 Å². The minimum atomic E-state index is -2.81. The van der Waals surface area contributed by atoms with E-state index in [1.807, 2.05) is 37.5 Å². The number of aryl methyl sites for hydroxylation is 2. The summed E-state index contributed by atoms with van der Waals surface area (Å²) in [7, 11) is 5.57. The van der Waals surface area contributed by atoms with Crippen molar-refractivity contribution in [3.8, 4) is 5.75 Å². The van der Waals surface area contributed by atoms with E-state index in [-0.39, 0.29) is 29.7 Å². The van der Waals surface area contributed by atoms with Crippen LogP contribution in [0.15, 0.2) is 29.3 Å². The Morgan fingerprint density at radius 2 is 1.93 bits per heavy atom. The van der Waals surface area contributed by atoms with Gasteiger partial charge in [0, 0.05) is 45.5 Å². The first-order valence-electron chi connectivity index (χ1n) is 8.26. The molecule has 1 aromatic heterocycles. The topological polar surface area (TPSA) is 54.7 Å². The van der Waals surface area contributed by atoms with E-state index in [4.69, 9.17) is 0 Å². The average molecular weight is 493 g/mol. The number of halogens is 3. The van der Waals surface area contributed by atoms with Crippen LogP contribution in [0, 0.1) is 13.8 Å². The van der Waals surface area contributed by atoms with Crippen LogP contribution < -0.4 is 10.1 Å². The third-order valence-electron chi connectivity index (χ3n) is 4.22. The molecule has 0 saturated carbocycles. The summed E-state index contributed by atoms with van der Waals surface area (Å²) in [5.41, 5.74) is 4.22. The van der Waals surface area contributed by atoms with Crippen LogP contribution in [-0.4, -0.2) is 41.3 Å². The van der Waals surface area contributed by atoms with E-state index >= 15 is 0 Å². The molecule has 0 radical (unpaired) electrons. The Morgan fingerprint density at radius 3 is 2.41 bits per heavy atom. The van der Waals surface area contributed by atoms with Crippen LogP contribution in [0.4, 0.5) is 8.78 Å². The molecule has 27 heavy (non-hydrogen) atoms. The molecule has 150 valence electrons. The summed E-state index contributed by atoms with van der Waals surface area (Å²) < 4.78 is 30.6. The maximum atomic E-state index is 12.2. The molecule has 0 aliphatic heterocycles. The number of guanidine groups is 1. The second-order valence-corrected chi connectivity index (χ2v) is 6.05. The molecule has 0 aliphatic carbocycles. The Morgan fingerprint density at radius 1 is 1.30 bits per heavy atom.